The van der Waals surface area contributed by atoms with E-state index >= 15 is 0 Å². The van der Waals surface area contributed by atoms with Gasteiger partial charge in [-0.15, -0.1) is 0 Å². The first-order valence-electron chi connectivity index (χ1n) is 6.22. The maximum absolute atomic E-state index is 12.6. The van der Waals surface area contributed by atoms with Crippen LogP contribution in [-0.4, -0.2) is 36.4 Å². The normalized spacial score (nSPS) is 29.3. The number of alkyl halides is 3. The van der Waals surface area contributed by atoms with Crippen molar-refractivity contribution in [3.63, 3.8) is 0 Å². The number of nitrogens with two attached hydrogens (primary N) is 1. The van der Waals surface area contributed by atoms with Gasteiger partial charge in [0.2, 0.25) is 5.91 Å². The number of hydrogen-bond donors (Lipinski definition) is 2. The highest BCUT2D eigenvalue weighted by molar-refractivity contribution is 5.87. The molecule has 0 aromatic carbocycles. The molecule has 0 aromatic heterocycles. The quantitative estimate of drug-likeness (QED) is 0.823. The highest BCUT2D eigenvalue weighted by Gasteiger charge is 2.57. The van der Waals surface area contributed by atoms with Crippen LogP contribution in [-0.2, 0) is 9.53 Å². The fourth-order valence-electron chi connectivity index (χ4n) is 2.05. The van der Waals surface area contributed by atoms with E-state index in [1.165, 1.54) is 0 Å². The van der Waals surface area contributed by atoms with Crippen molar-refractivity contribution in [3.05, 3.63) is 0 Å². The standard InChI is InChI=1S/C12H21F3N2O2/c1-5-19-8-6-7(10(8,2)3)17-9(18)11(4,16)12(13,14)15/h7-8H,5-6,16H2,1-4H3,(H,17,18). The Morgan fingerprint density at radius 2 is 2.00 bits per heavy atom. The molecule has 0 bridgehead atoms. The van der Waals surface area contributed by atoms with Crippen LogP contribution in [0, 0.1) is 5.41 Å². The second kappa shape index (κ2) is 4.94. The minimum atomic E-state index is -4.77. The van der Waals surface area contributed by atoms with Gasteiger partial charge in [-0.05, 0) is 20.3 Å². The van der Waals surface area contributed by atoms with Crippen molar-refractivity contribution < 1.29 is 22.7 Å². The summed E-state index contributed by atoms with van der Waals surface area (Å²) in [6, 6.07) is -0.359. The Morgan fingerprint density at radius 1 is 1.47 bits per heavy atom. The molecule has 0 aliphatic heterocycles. The minimum Gasteiger partial charge on any atom is -0.378 e. The highest BCUT2D eigenvalue weighted by Crippen LogP contribution is 2.43. The number of nitrogens with one attached hydrogen (secondary N) is 1. The second-order valence-electron chi connectivity index (χ2n) is 5.73. The van der Waals surface area contributed by atoms with Gasteiger partial charge in [-0.25, -0.2) is 0 Å². The predicted octanol–water partition coefficient (Wildman–Crippen LogP) is 1.59. The molecule has 0 radical (unpaired) electrons. The van der Waals surface area contributed by atoms with E-state index in [1.807, 2.05) is 20.8 Å². The molecule has 0 spiro atoms. The molecule has 1 amide bonds. The monoisotopic (exact) mass is 282 g/mol. The molecular formula is C12H21F3N2O2. The first-order chi connectivity index (χ1) is 8.44. The van der Waals surface area contributed by atoms with Gasteiger partial charge in [0.25, 0.3) is 0 Å². The molecule has 0 heterocycles. The Balaban J connectivity index is 2.66. The summed E-state index contributed by atoms with van der Waals surface area (Å²) in [5.41, 5.74) is 1.81. The number of ether oxygens (including phenoxy) is 1. The maximum atomic E-state index is 12.6. The molecule has 3 atom stereocenters. The third-order valence-corrected chi connectivity index (χ3v) is 3.91. The summed E-state index contributed by atoms with van der Waals surface area (Å²) in [5, 5.41) is 2.38. The number of halogens is 3. The summed E-state index contributed by atoms with van der Waals surface area (Å²) in [4.78, 5) is 11.7. The van der Waals surface area contributed by atoms with Crippen LogP contribution in [0.25, 0.3) is 0 Å². The van der Waals surface area contributed by atoms with Gasteiger partial charge in [0.15, 0.2) is 5.54 Å². The first-order valence-corrected chi connectivity index (χ1v) is 6.22. The van der Waals surface area contributed by atoms with Crippen molar-refractivity contribution in [1.82, 2.24) is 5.32 Å². The summed E-state index contributed by atoms with van der Waals surface area (Å²) in [6.45, 7) is 6.76. The lowest BCUT2D eigenvalue weighted by atomic mass is 9.64. The van der Waals surface area contributed by atoms with E-state index < -0.39 is 23.0 Å². The average molecular weight is 282 g/mol. The number of rotatable bonds is 4. The van der Waals surface area contributed by atoms with Crippen molar-refractivity contribution in [2.24, 2.45) is 11.1 Å². The third-order valence-electron chi connectivity index (χ3n) is 3.91. The Hall–Kier alpha value is -0.820. The molecule has 1 aliphatic rings. The fourth-order valence-corrected chi connectivity index (χ4v) is 2.05. The van der Waals surface area contributed by atoms with E-state index in [0.717, 1.165) is 0 Å². The van der Waals surface area contributed by atoms with Crippen LogP contribution in [0.15, 0.2) is 0 Å². The van der Waals surface area contributed by atoms with Gasteiger partial charge in [-0.1, -0.05) is 13.8 Å². The Morgan fingerprint density at radius 3 is 2.37 bits per heavy atom. The van der Waals surface area contributed by atoms with Crippen LogP contribution in [0.5, 0.6) is 0 Å². The molecule has 4 nitrogen and oxygen atoms in total. The zero-order valence-electron chi connectivity index (χ0n) is 11.6. The smallest absolute Gasteiger partial charge is 0.378 e. The molecular weight excluding hydrogens is 261 g/mol. The highest BCUT2D eigenvalue weighted by atomic mass is 19.4. The lowest BCUT2D eigenvalue weighted by molar-refractivity contribution is -0.190. The minimum absolute atomic E-state index is 0.0577. The van der Waals surface area contributed by atoms with Gasteiger partial charge >= 0.3 is 6.18 Å². The van der Waals surface area contributed by atoms with Crippen molar-refractivity contribution >= 4 is 5.91 Å². The molecule has 3 unspecified atom stereocenters. The lowest BCUT2D eigenvalue weighted by Crippen LogP contribution is -2.68. The molecule has 1 fully saturated rings. The zero-order valence-corrected chi connectivity index (χ0v) is 11.6. The van der Waals surface area contributed by atoms with Crippen LogP contribution in [0.4, 0.5) is 13.2 Å². The molecule has 1 saturated carbocycles. The van der Waals surface area contributed by atoms with Gasteiger partial charge in [0.05, 0.1) is 6.10 Å². The predicted molar refractivity (Wildman–Crippen MR) is 64.4 cm³/mol. The third kappa shape index (κ3) is 2.86. The van der Waals surface area contributed by atoms with Crippen molar-refractivity contribution in [3.8, 4) is 0 Å². The maximum Gasteiger partial charge on any atom is 0.415 e. The number of carbonyl (C=O) groups is 1. The Labute approximate surface area is 110 Å². The van der Waals surface area contributed by atoms with Crippen LogP contribution in [0.2, 0.25) is 0 Å². The van der Waals surface area contributed by atoms with Gasteiger partial charge in [-0.3, -0.25) is 4.79 Å². The van der Waals surface area contributed by atoms with Crippen molar-refractivity contribution in [2.75, 3.05) is 6.61 Å². The number of amides is 1. The van der Waals surface area contributed by atoms with E-state index in [2.05, 4.69) is 5.32 Å². The second-order valence-corrected chi connectivity index (χ2v) is 5.73. The summed E-state index contributed by atoms with van der Waals surface area (Å²) in [6.07, 6.45) is -4.33. The van der Waals surface area contributed by atoms with E-state index in [4.69, 9.17) is 10.5 Å². The van der Waals surface area contributed by atoms with Gasteiger partial charge < -0.3 is 15.8 Å². The summed E-state index contributed by atoms with van der Waals surface area (Å²) < 4.78 is 43.4. The van der Waals surface area contributed by atoms with Crippen LogP contribution >= 0.6 is 0 Å². The van der Waals surface area contributed by atoms with E-state index in [9.17, 15) is 18.0 Å². The van der Waals surface area contributed by atoms with Gasteiger partial charge in [0.1, 0.15) is 0 Å². The lowest BCUT2D eigenvalue weighted by Gasteiger charge is -2.52. The average Bonchev–Trinajstić information content (AvgIpc) is 2.25. The number of carbonyl (C=O) groups excluding carboxylic acids is 1. The topological polar surface area (TPSA) is 64.3 Å². The molecule has 3 N–H and O–H groups in total. The SMILES string of the molecule is CCOC1CC(NC(=O)C(C)(N)C(F)(F)F)C1(C)C. The largest absolute Gasteiger partial charge is 0.415 e. The van der Waals surface area contributed by atoms with E-state index in [1.54, 1.807) is 0 Å². The molecule has 1 rings (SSSR count). The molecule has 7 heteroatoms. The van der Waals surface area contributed by atoms with Gasteiger partial charge in [-0.2, -0.15) is 13.2 Å². The number of hydrogen-bond acceptors (Lipinski definition) is 3. The Bertz CT molecular complexity index is 353. The van der Waals surface area contributed by atoms with E-state index in [0.29, 0.717) is 20.0 Å². The fraction of sp³-hybridized carbons (Fsp3) is 0.917. The van der Waals surface area contributed by atoms with E-state index in [-0.39, 0.29) is 12.1 Å². The van der Waals surface area contributed by atoms with Crippen LogP contribution < -0.4 is 11.1 Å². The van der Waals surface area contributed by atoms with Crippen LogP contribution in [0.1, 0.15) is 34.1 Å². The summed E-state index contributed by atoms with van der Waals surface area (Å²) >= 11 is 0. The Kier molecular flexibility index (Phi) is 4.22. The van der Waals surface area contributed by atoms with Gasteiger partial charge in [0, 0.05) is 18.1 Å². The molecule has 0 aromatic rings. The first kappa shape index (κ1) is 16.2. The molecule has 0 saturated heterocycles. The van der Waals surface area contributed by atoms with Crippen molar-refractivity contribution in [1.29, 1.82) is 0 Å². The zero-order chi connectivity index (χ0) is 15.1. The molecule has 19 heavy (non-hydrogen) atoms. The molecule has 112 valence electrons. The van der Waals surface area contributed by atoms with Crippen LogP contribution in [0.3, 0.4) is 0 Å². The summed E-state index contributed by atoms with van der Waals surface area (Å²) in [7, 11) is 0. The van der Waals surface area contributed by atoms with Crippen molar-refractivity contribution in [2.45, 2.75) is 58.0 Å². The molecule has 1 aliphatic carbocycles. The summed E-state index contributed by atoms with van der Waals surface area (Å²) in [5.74, 6) is -1.20.